The minimum atomic E-state index is -1.91. The topological polar surface area (TPSA) is 37.3 Å². The predicted molar refractivity (Wildman–Crippen MR) is 42.7 cm³/mol. The zero-order valence-corrected chi connectivity index (χ0v) is 6.62. The van der Waals surface area contributed by atoms with Gasteiger partial charge in [0.25, 0.3) is 0 Å². The Morgan fingerprint density at radius 3 is 2.33 bits per heavy atom. The summed E-state index contributed by atoms with van der Waals surface area (Å²) in [7, 11) is 0. The predicted octanol–water partition coefficient (Wildman–Crippen LogP) is 2.09. The van der Waals surface area contributed by atoms with E-state index in [9.17, 15) is 9.18 Å². The highest BCUT2D eigenvalue weighted by atomic mass is 19.1. The maximum atomic E-state index is 12.8. The van der Waals surface area contributed by atoms with Gasteiger partial charge in [-0.2, -0.15) is 0 Å². The molecule has 0 aliphatic heterocycles. The molecule has 1 aromatic carbocycles. The molecule has 1 rings (SSSR count). The monoisotopic (exact) mass is 168 g/mol. The van der Waals surface area contributed by atoms with Crippen LogP contribution in [0.15, 0.2) is 24.3 Å². The van der Waals surface area contributed by atoms with E-state index in [1.54, 1.807) is 12.1 Å². The van der Waals surface area contributed by atoms with Gasteiger partial charge in [-0.25, -0.2) is 9.18 Å². The lowest BCUT2D eigenvalue weighted by atomic mass is 10.1. The molecule has 0 radical (unpaired) electrons. The molecule has 3 heteroatoms. The summed E-state index contributed by atoms with van der Waals surface area (Å²) >= 11 is 0. The van der Waals surface area contributed by atoms with Crippen molar-refractivity contribution in [1.82, 2.24) is 0 Å². The highest BCUT2D eigenvalue weighted by Crippen LogP contribution is 2.17. The first kappa shape index (κ1) is 8.71. The summed E-state index contributed by atoms with van der Waals surface area (Å²) in [5, 5.41) is 8.33. The fraction of sp³-hybridized carbons (Fsp3) is 0.222. The first-order valence-corrected chi connectivity index (χ1v) is 3.54. The first-order chi connectivity index (χ1) is 5.61. The molecule has 12 heavy (non-hydrogen) atoms. The number of carboxylic acids is 1. The van der Waals surface area contributed by atoms with Gasteiger partial charge in [0.15, 0.2) is 0 Å². The van der Waals surface area contributed by atoms with E-state index >= 15 is 0 Å². The molecule has 0 spiro atoms. The van der Waals surface area contributed by atoms with Crippen molar-refractivity contribution in [3.63, 3.8) is 0 Å². The van der Waals surface area contributed by atoms with Crippen molar-refractivity contribution in [2.24, 2.45) is 0 Å². The van der Waals surface area contributed by atoms with E-state index in [1.807, 2.05) is 6.92 Å². The van der Waals surface area contributed by atoms with E-state index in [-0.39, 0.29) is 5.56 Å². The molecule has 0 aliphatic carbocycles. The molecule has 0 aromatic heterocycles. The molecule has 0 aliphatic rings. The summed E-state index contributed by atoms with van der Waals surface area (Å²) in [6.45, 7) is 1.86. The molecule has 0 saturated heterocycles. The molecule has 1 aromatic rings. The van der Waals surface area contributed by atoms with E-state index in [4.69, 9.17) is 5.11 Å². The van der Waals surface area contributed by atoms with E-state index in [2.05, 4.69) is 0 Å². The maximum Gasteiger partial charge on any atom is 0.343 e. The molecular weight excluding hydrogens is 159 g/mol. The SMILES string of the molecule is Cc1ccc(C(F)C(=O)O)cc1. The number of carbonyl (C=O) groups is 1. The Kier molecular flexibility index (Phi) is 2.43. The van der Waals surface area contributed by atoms with Crippen molar-refractivity contribution in [3.05, 3.63) is 35.4 Å². The van der Waals surface area contributed by atoms with Crippen LogP contribution in [0.4, 0.5) is 4.39 Å². The lowest BCUT2D eigenvalue weighted by molar-refractivity contribution is -0.143. The van der Waals surface area contributed by atoms with Crippen LogP contribution in [0.25, 0.3) is 0 Å². The fourth-order valence-corrected chi connectivity index (χ4v) is 0.878. The van der Waals surface area contributed by atoms with Crippen molar-refractivity contribution in [3.8, 4) is 0 Å². The number of aliphatic carboxylic acids is 1. The summed E-state index contributed by atoms with van der Waals surface area (Å²) in [6, 6.07) is 6.33. The van der Waals surface area contributed by atoms with Crippen molar-refractivity contribution < 1.29 is 14.3 Å². The molecule has 0 amide bonds. The van der Waals surface area contributed by atoms with Gasteiger partial charge in [0.2, 0.25) is 6.17 Å². The Hall–Kier alpha value is -1.38. The number of hydrogen-bond acceptors (Lipinski definition) is 1. The molecule has 64 valence electrons. The number of rotatable bonds is 2. The average Bonchev–Trinajstić information content (AvgIpc) is 2.04. The van der Waals surface area contributed by atoms with Crippen LogP contribution in [0.5, 0.6) is 0 Å². The van der Waals surface area contributed by atoms with Gasteiger partial charge in [0.1, 0.15) is 0 Å². The van der Waals surface area contributed by atoms with Gasteiger partial charge >= 0.3 is 5.97 Å². The molecule has 0 fully saturated rings. The third kappa shape index (κ3) is 1.81. The quantitative estimate of drug-likeness (QED) is 0.734. The largest absolute Gasteiger partial charge is 0.479 e. The van der Waals surface area contributed by atoms with Crippen LogP contribution in [0.3, 0.4) is 0 Å². The number of aryl methyl sites for hydroxylation is 1. The second-order valence-corrected chi connectivity index (χ2v) is 2.61. The highest BCUT2D eigenvalue weighted by Gasteiger charge is 2.17. The maximum absolute atomic E-state index is 12.8. The molecule has 0 bridgehead atoms. The number of benzene rings is 1. The Morgan fingerprint density at radius 2 is 1.92 bits per heavy atom. The fourth-order valence-electron chi connectivity index (χ4n) is 0.878. The smallest absolute Gasteiger partial charge is 0.343 e. The van der Waals surface area contributed by atoms with Crippen LogP contribution in [0.1, 0.15) is 17.3 Å². The molecule has 2 nitrogen and oxygen atoms in total. The van der Waals surface area contributed by atoms with Crippen LogP contribution >= 0.6 is 0 Å². The van der Waals surface area contributed by atoms with Gasteiger partial charge in [-0.15, -0.1) is 0 Å². The molecule has 1 unspecified atom stereocenters. The molecule has 0 heterocycles. The zero-order valence-electron chi connectivity index (χ0n) is 6.62. The van der Waals surface area contributed by atoms with Crippen molar-refractivity contribution in [1.29, 1.82) is 0 Å². The zero-order chi connectivity index (χ0) is 9.14. The number of halogens is 1. The summed E-state index contributed by atoms with van der Waals surface area (Å²) in [5.41, 5.74) is 1.17. The van der Waals surface area contributed by atoms with Crippen molar-refractivity contribution >= 4 is 5.97 Å². The van der Waals surface area contributed by atoms with E-state index in [0.29, 0.717) is 0 Å². The van der Waals surface area contributed by atoms with Gasteiger partial charge in [-0.05, 0) is 12.5 Å². The first-order valence-electron chi connectivity index (χ1n) is 3.54. The second kappa shape index (κ2) is 3.34. The lowest BCUT2D eigenvalue weighted by Gasteiger charge is -2.02. The molecule has 0 saturated carbocycles. The van der Waals surface area contributed by atoms with Gasteiger partial charge in [-0.3, -0.25) is 0 Å². The second-order valence-electron chi connectivity index (χ2n) is 2.61. The third-order valence-corrected chi connectivity index (χ3v) is 1.59. The Bertz CT molecular complexity index is 279. The van der Waals surface area contributed by atoms with Gasteiger partial charge in [0.05, 0.1) is 0 Å². The minimum Gasteiger partial charge on any atom is -0.479 e. The van der Waals surface area contributed by atoms with Gasteiger partial charge in [0, 0.05) is 0 Å². The third-order valence-electron chi connectivity index (χ3n) is 1.59. The van der Waals surface area contributed by atoms with Crippen LogP contribution in [0, 0.1) is 6.92 Å². The number of alkyl halides is 1. The van der Waals surface area contributed by atoms with Gasteiger partial charge in [-0.1, -0.05) is 29.8 Å². The van der Waals surface area contributed by atoms with E-state index < -0.39 is 12.1 Å². The molecular formula is C9H9FO2. The van der Waals surface area contributed by atoms with Gasteiger partial charge < -0.3 is 5.11 Å². The average molecular weight is 168 g/mol. The number of hydrogen-bond donors (Lipinski definition) is 1. The Labute approximate surface area is 69.6 Å². The minimum absolute atomic E-state index is 0.188. The number of carboxylic acid groups (broad SMARTS) is 1. The van der Waals surface area contributed by atoms with Crippen LogP contribution in [-0.2, 0) is 4.79 Å². The Balaban J connectivity index is 2.89. The summed E-state index contributed by atoms with van der Waals surface area (Å²) in [5.74, 6) is -1.45. The summed E-state index contributed by atoms with van der Waals surface area (Å²) in [6.07, 6.45) is -1.91. The molecule has 1 atom stereocenters. The normalized spacial score (nSPS) is 12.5. The highest BCUT2D eigenvalue weighted by molar-refractivity contribution is 5.74. The van der Waals surface area contributed by atoms with Crippen molar-refractivity contribution in [2.45, 2.75) is 13.1 Å². The van der Waals surface area contributed by atoms with Crippen LogP contribution in [-0.4, -0.2) is 11.1 Å². The van der Waals surface area contributed by atoms with E-state index in [0.717, 1.165) is 5.56 Å². The summed E-state index contributed by atoms with van der Waals surface area (Å²) in [4.78, 5) is 10.2. The molecule has 1 N–H and O–H groups in total. The van der Waals surface area contributed by atoms with Crippen LogP contribution in [0.2, 0.25) is 0 Å². The van der Waals surface area contributed by atoms with Crippen molar-refractivity contribution in [2.75, 3.05) is 0 Å². The summed E-state index contributed by atoms with van der Waals surface area (Å²) < 4.78 is 12.8. The lowest BCUT2D eigenvalue weighted by Crippen LogP contribution is -2.05. The van der Waals surface area contributed by atoms with E-state index in [1.165, 1.54) is 12.1 Å². The van der Waals surface area contributed by atoms with Crippen LogP contribution < -0.4 is 0 Å². The standard InChI is InChI=1S/C9H9FO2/c1-6-2-4-7(5-3-6)8(10)9(11)12/h2-5,8H,1H3,(H,11,12). The Morgan fingerprint density at radius 1 is 1.42 bits per heavy atom.